The molecular formula is C14H15FO3. The fraction of sp³-hybridized carbons (Fsp3) is 0.286. The predicted molar refractivity (Wildman–Crippen MR) is 64.7 cm³/mol. The fourth-order valence-corrected chi connectivity index (χ4v) is 2.05. The summed E-state index contributed by atoms with van der Waals surface area (Å²) in [6.07, 6.45) is 3.47. The first kappa shape index (κ1) is 12.8. The van der Waals surface area contributed by atoms with Crippen molar-refractivity contribution in [3.8, 4) is 0 Å². The van der Waals surface area contributed by atoms with Gasteiger partial charge in [0.2, 0.25) is 0 Å². The lowest BCUT2D eigenvalue weighted by Crippen LogP contribution is -2.37. The summed E-state index contributed by atoms with van der Waals surface area (Å²) >= 11 is 0. The van der Waals surface area contributed by atoms with Crippen molar-refractivity contribution in [2.45, 2.75) is 11.8 Å². The van der Waals surface area contributed by atoms with Crippen LogP contribution in [0, 0.1) is 5.82 Å². The summed E-state index contributed by atoms with van der Waals surface area (Å²) in [6, 6.07) is 7.71. The van der Waals surface area contributed by atoms with Crippen LogP contribution in [-0.2, 0) is 11.8 Å². The minimum Gasteiger partial charge on any atom is -0.472 e. The molecule has 0 saturated heterocycles. The Kier molecular flexibility index (Phi) is 3.79. The molecule has 2 aromatic rings. The molecule has 2 N–H and O–H groups in total. The molecule has 0 saturated carbocycles. The summed E-state index contributed by atoms with van der Waals surface area (Å²) in [5, 5.41) is 19.2. The molecule has 0 spiro atoms. The number of hydrogen-bond donors (Lipinski definition) is 2. The van der Waals surface area contributed by atoms with Crippen molar-refractivity contribution in [2.75, 3.05) is 13.2 Å². The largest absolute Gasteiger partial charge is 0.472 e. The van der Waals surface area contributed by atoms with Gasteiger partial charge in [0.1, 0.15) is 5.82 Å². The Morgan fingerprint density at radius 2 is 1.94 bits per heavy atom. The molecule has 0 bridgehead atoms. The van der Waals surface area contributed by atoms with E-state index in [1.165, 1.54) is 18.4 Å². The molecule has 3 nitrogen and oxygen atoms in total. The summed E-state index contributed by atoms with van der Waals surface area (Å²) in [6.45, 7) is -0.531. The zero-order chi connectivity index (χ0) is 13.0. The predicted octanol–water partition coefficient (Wildman–Crippen LogP) is 1.88. The minimum absolute atomic E-state index is 0.266. The summed E-state index contributed by atoms with van der Waals surface area (Å²) < 4.78 is 18.2. The van der Waals surface area contributed by atoms with Crippen LogP contribution in [0.5, 0.6) is 0 Å². The number of aliphatic hydroxyl groups excluding tert-OH is 2. The third kappa shape index (κ3) is 2.44. The summed E-state index contributed by atoms with van der Waals surface area (Å²) in [5.41, 5.74) is 0.530. The molecule has 1 heterocycles. The van der Waals surface area contributed by atoms with Gasteiger partial charge in [-0.25, -0.2) is 4.39 Å². The second kappa shape index (κ2) is 5.33. The molecule has 0 fully saturated rings. The van der Waals surface area contributed by atoms with Crippen molar-refractivity contribution >= 4 is 0 Å². The van der Waals surface area contributed by atoms with Gasteiger partial charge in [-0.1, -0.05) is 12.1 Å². The normalized spacial score (nSPS) is 11.7. The number of aliphatic hydroxyl groups is 2. The van der Waals surface area contributed by atoms with E-state index in [9.17, 15) is 14.6 Å². The summed E-state index contributed by atoms with van der Waals surface area (Å²) in [4.78, 5) is 0. The highest BCUT2D eigenvalue weighted by molar-refractivity contribution is 5.29. The van der Waals surface area contributed by atoms with Gasteiger partial charge in [0.25, 0.3) is 0 Å². The first-order chi connectivity index (χ1) is 8.70. The number of rotatable bonds is 5. The molecule has 0 atom stereocenters. The van der Waals surface area contributed by atoms with Crippen LogP contribution in [0.4, 0.5) is 4.39 Å². The molecule has 0 unspecified atom stereocenters. The van der Waals surface area contributed by atoms with E-state index in [-0.39, 0.29) is 19.0 Å². The van der Waals surface area contributed by atoms with Crippen molar-refractivity contribution in [3.05, 3.63) is 59.8 Å². The van der Waals surface area contributed by atoms with Gasteiger partial charge in [0.15, 0.2) is 0 Å². The van der Waals surface area contributed by atoms with E-state index in [0.29, 0.717) is 12.0 Å². The lowest BCUT2D eigenvalue weighted by molar-refractivity contribution is 0.116. The zero-order valence-electron chi connectivity index (χ0n) is 9.84. The quantitative estimate of drug-likeness (QED) is 0.852. The van der Waals surface area contributed by atoms with Gasteiger partial charge in [-0.15, -0.1) is 0 Å². The van der Waals surface area contributed by atoms with E-state index < -0.39 is 5.41 Å². The maximum Gasteiger partial charge on any atom is 0.123 e. The molecule has 1 aromatic carbocycles. The fourth-order valence-electron chi connectivity index (χ4n) is 2.05. The molecule has 18 heavy (non-hydrogen) atoms. The van der Waals surface area contributed by atoms with Gasteiger partial charge in [-0.05, 0) is 35.7 Å². The van der Waals surface area contributed by atoms with E-state index in [0.717, 1.165) is 5.56 Å². The van der Waals surface area contributed by atoms with Gasteiger partial charge in [0, 0.05) is 5.41 Å². The van der Waals surface area contributed by atoms with Gasteiger partial charge in [-0.3, -0.25) is 0 Å². The second-order valence-electron chi connectivity index (χ2n) is 4.42. The van der Waals surface area contributed by atoms with Crippen LogP contribution < -0.4 is 0 Å². The first-order valence-corrected chi connectivity index (χ1v) is 5.69. The van der Waals surface area contributed by atoms with E-state index in [1.807, 2.05) is 0 Å². The van der Waals surface area contributed by atoms with Crippen LogP contribution in [0.3, 0.4) is 0 Å². The molecule has 2 rings (SSSR count). The van der Waals surface area contributed by atoms with Gasteiger partial charge < -0.3 is 14.6 Å². The Balaban J connectivity index is 2.37. The standard InChI is InChI=1S/C14H15FO3/c15-13-3-1-2-12(6-13)14(9-16,10-17)7-11-4-5-18-8-11/h1-6,8,16-17H,7,9-10H2. The van der Waals surface area contributed by atoms with Crippen molar-refractivity contribution in [1.29, 1.82) is 0 Å². The number of hydrogen-bond acceptors (Lipinski definition) is 3. The lowest BCUT2D eigenvalue weighted by atomic mass is 9.77. The Hall–Kier alpha value is -1.65. The molecule has 4 heteroatoms. The Labute approximate surface area is 104 Å². The Morgan fingerprint density at radius 3 is 2.50 bits per heavy atom. The van der Waals surface area contributed by atoms with Crippen molar-refractivity contribution < 1.29 is 19.0 Å². The third-order valence-electron chi connectivity index (χ3n) is 3.16. The molecule has 0 amide bonds. The van der Waals surface area contributed by atoms with Gasteiger partial charge in [0.05, 0.1) is 25.7 Å². The number of benzene rings is 1. The van der Waals surface area contributed by atoms with Gasteiger partial charge >= 0.3 is 0 Å². The molecule has 0 aliphatic heterocycles. The number of furan rings is 1. The Bertz CT molecular complexity index is 490. The monoisotopic (exact) mass is 250 g/mol. The molecule has 0 aliphatic rings. The SMILES string of the molecule is OCC(CO)(Cc1ccoc1)c1cccc(F)c1. The maximum absolute atomic E-state index is 13.3. The average molecular weight is 250 g/mol. The van der Waals surface area contributed by atoms with E-state index in [1.54, 1.807) is 24.5 Å². The third-order valence-corrected chi connectivity index (χ3v) is 3.16. The van der Waals surface area contributed by atoms with Crippen LogP contribution in [0.1, 0.15) is 11.1 Å². The average Bonchev–Trinajstić information content (AvgIpc) is 2.89. The molecule has 0 aliphatic carbocycles. The van der Waals surface area contributed by atoms with Gasteiger partial charge in [-0.2, -0.15) is 0 Å². The van der Waals surface area contributed by atoms with E-state index in [4.69, 9.17) is 4.42 Å². The van der Waals surface area contributed by atoms with Crippen molar-refractivity contribution in [3.63, 3.8) is 0 Å². The minimum atomic E-state index is -0.897. The number of halogens is 1. The van der Waals surface area contributed by atoms with Crippen LogP contribution >= 0.6 is 0 Å². The molecule has 1 aromatic heterocycles. The highest BCUT2D eigenvalue weighted by Crippen LogP contribution is 2.28. The summed E-state index contributed by atoms with van der Waals surface area (Å²) in [5.74, 6) is -0.383. The second-order valence-corrected chi connectivity index (χ2v) is 4.42. The zero-order valence-corrected chi connectivity index (χ0v) is 9.84. The topological polar surface area (TPSA) is 53.6 Å². The molecule has 96 valence electrons. The molecular weight excluding hydrogens is 235 g/mol. The van der Waals surface area contributed by atoms with E-state index in [2.05, 4.69) is 0 Å². The van der Waals surface area contributed by atoms with Crippen molar-refractivity contribution in [2.24, 2.45) is 0 Å². The van der Waals surface area contributed by atoms with Crippen LogP contribution in [0.25, 0.3) is 0 Å². The molecule has 0 radical (unpaired) electrons. The van der Waals surface area contributed by atoms with Crippen LogP contribution in [0.2, 0.25) is 0 Å². The smallest absolute Gasteiger partial charge is 0.123 e. The lowest BCUT2D eigenvalue weighted by Gasteiger charge is -2.30. The highest BCUT2D eigenvalue weighted by Gasteiger charge is 2.32. The summed E-state index contributed by atoms with van der Waals surface area (Å²) in [7, 11) is 0. The van der Waals surface area contributed by atoms with Crippen LogP contribution in [0.15, 0.2) is 47.3 Å². The highest BCUT2D eigenvalue weighted by atomic mass is 19.1. The first-order valence-electron chi connectivity index (χ1n) is 5.69. The Morgan fingerprint density at radius 1 is 1.17 bits per heavy atom. The maximum atomic E-state index is 13.3. The van der Waals surface area contributed by atoms with Crippen molar-refractivity contribution in [1.82, 2.24) is 0 Å². The van der Waals surface area contributed by atoms with E-state index >= 15 is 0 Å². The van der Waals surface area contributed by atoms with Crippen LogP contribution in [-0.4, -0.2) is 23.4 Å².